The fourth-order valence-corrected chi connectivity index (χ4v) is 2.80. The molecule has 0 bridgehead atoms. The maximum absolute atomic E-state index is 12.3. The van der Waals surface area contributed by atoms with Gasteiger partial charge in [-0.15, -0.1) is 0 Å². The van der Waals surface area contributed by atoms with Crippen molar-refractivity contribution in [3.63, 3.8) is 0 Å². The number of ketones is 1. The Bertz CT molecular complexity index is 597. The summed E-state index contributed by atoms with van der Waals surface area (Å²) in [7, 11) is 0. The first-order valence-corrected chi connectivity index (χ1v) is 6.66. The second-order valence-electron chi connectivity index (χ2n) is 5.21. The van der Waals surface area contributed by atoms with Crippen molar-refractivity contribution in [3.05, 3.63) is 41.6 Å². The number of nitrogens with zero attached hydrogens (tertiary/aromatic N) is 1. The first kappa shape index (κ1) is 11.4. The topological polar surface area (TPSA) is 30.0 Å². The van der Waals surface area contributed by atoms with Gasteiger partial charge in [0, 0.05) is 22.6 Å². The van der Waals surface area contributed by atoms with Crippen LogP contribution in [0.1, 0.15) is 41.7 Å². The van der Waals surface area contributed by atoms with Crippen molar-refractivity contribution in [2.45, 2.75) is 32.6 Å². The van der Waals surface area contributed by atoms with E-state index in [4.69, 9.17) is 0 Å². The van der Waals surface area contributed by atoms with Gasteiger partial charge in [-0.2, -0.15) is 0 Å². The molecular weight excluding hydrogens is 222 g/mol. The van der Waals surface area contributed by atoms with Crippen LogP contribution in [-0.2, 0) is 0 Å². The largest absolute Gasteiger partial charge is 0.294 e. The summed E-state index contributed by atoms with van der Waals surface area (Å²) in [5.41, 5.74) is 2.83. The van der Waals surface area contributed by atoms with Gasteiger partial charge in [0.2, 0.25) is 0 Å². The first-order valence-electron chi connectivity index (χ1n) is 6.66. The van der Waals surface area contributed by atoms with Gasteiger partial charge >= 0.3 is 0 Å². The molecule has 3 rings (SSSR count). The van der Waals surface area contributed by atoms with Gasteiger partial charge in [0.1, 0.15) is 0 Å². The maximum Gasteiger partial charge on any atom is 0.165 e. The fourth-order valence-electron chi connectivity index (χ4n) is 2.80. The highest BCUT2D eigenvalue weighted by Crippen LogP contribution is 2.28. The van der Waals surface area contributed by atoms with Gasteiger partial charge in [0.15, 0.2) is 5.78 Å². The molecule has 0 atom stereocenters. The number of carbonyl (C=O) groups excluding carboxylic acids is 1. The van der Waals surface area contributed by atoms with Gasteiger partial charge in [0.25, 0.3) is 0 Å². The summed E-state index contributed by atoms with van der Waals surface area (Å²) in [6, 6.07) is 9.91. The van der Waals surface area contributed by atoms with Crippen LogP contribution < -0.4 is 0 Å². The highest BCUT2D eigenvalue weighted by Gasteiger charge is 2.23. The summed E-state index contributed by atoms with van der Waals surface area (Å²) in [5.74, 6) is 0.566. The Morgan fingerprint density at radius 1 is 1.17 bits per heavy atom. The number of hydrogen-bond acceptors (Lipinski definition) is 2. The molecule has 0 radical (unpaired) electrons. The molecule has 0 unspecified atom stereocenters. The highest BCUT2D eigenvalue weighted by molar-refractivity contribution is 6.00. The molecule has 2 heteroatoms. The lowest BCUT2D eigenvalue weighted by Gasteiger charge is -2.08. The molecule has 18 heavy (non-hydrogen) atoms. The van der Waals surface area contributed by atoms with Crippen LogP contribution in [0.4, 0.5) is 0 Å². The van der Waals surface area contributed by atoms with E-state index in [0.29, 0.717) is 5.78 Å². The van der Waals surface area contributed by atoms with Gasteiger partial charge in [-0.05, 0) is 44.0 Å². The average Bonchev–Trinajstić information content (AvgIpc) is 2.91. The molecule has 2 nitrogen and oxygen atoms in total. The number of rotatable bonds is 2. The molecule has 1 saturated carbocycles. The molecule has 1 aliphatic rings. The molecule has 92 valence electrons. The van der Waals surface area contributed by atoms with E-state index in [2.05, 4.69) is 4.98 Å². The smallest absolute Gasteiger partial charge is 0.165 e. The Morgan fingerprint density at radius 3 is 2.72 bits per heavy atom. The first-order chi connectivity index (χ1) is 8.74. The van der Waals surface area contributed by atoms with Crippen molar-refractivity contribution >= 4 is 16.7 Å². The summed E-state index contributed by atoms with van der Waals surface area (Å²) in [5, 5.41) is 1.06. The number of aryl methyl sites for hydroxylation is 1. The van der Waals surface area contributed by atoms with E-state index in [-0.39, 0.29) is 5.92 Å². The van der Waals surface area contributed by atoms with E-state index in [9.17, 15) is 4.79 Å². The van der Waals surface area contributed by atoms with Crippen molar-refractivity contribution in [2.75, 3.05) is 0 Å². The van der Waals surface area contributed by atoms with Crippen molar-refractivity contribution in [1.29, 1.82) is 0 Å². The molecule has 1 heterocycles. The quantitative estimate of drug-likeness (QED) is 0.743. The predicted molar refractivity (Wildman–Crippen MR) is 72.8 cm³/mol. The predicted octanol–water partition coefficient (Wildman–Crippen LogP) is 3.92. The molecule has 0 aliphatic heterocycles. The molecule has 0 N–H and O–H groups in total. The summed E-state index contributed by atoms with van der Waals surface area (Å²) >= 11 is 0. The zero-order valence-corrected chi connectivity index (χ0v) is 10.6. The van der Waals surface area contributed by atoms with E-state index in [1.807, 2.05) is 37.3 Å². The Hall–Kier alpha value is -1.70. The lowest BCUT2D eigenvalue weighted by Crippen LogP contribution is -2.10. The second-order valence-corrected chi connectivity index (χ2v) is 5.21. The molecular formula is C16H17NO. The molecule has 2 aromatic rings. The Labute approximate surface area is 107 Å². The van der Waals surface area contributed by atoms with Crippen LogP contribution in [0.25, 0.3) is 10.9 Å². The monoisotopic (exact) mass is 239 g/mol. The third kappa shape index (κ3) is 2.03. The summed E-state index contributed by atoms with van der Waals surface area (Å²) in [6.07, 6.45) is 4.52. The van der Waals surface area contributed by atoms with Gasteiger partial charge in [-0.25, -0.2) is 0 Å². The minimum Gasteiger partial charge on any atom is -0.294 e. The van der Waals surface area contributed by atoms with Crippen LogP contribution in [-0.4, -0.2) is 10.8 Å². The number of aromatic nitrogens is 1. The van der Waals surface area contributed by atoms with E-state index in [1.54, 1.807) is 0 Å². The number of benzene rings is 1. The van der Waals surface area contributed by atoms with Crippen LogP contribution >= 0.6 is 0 Å². The lowest BCUT2D eigenvalue weighted by atomic mass is 9.95. The fraction of sp³-hybridized carbons (Fsp3) is 0.375. The average molecular weight is 239 g/mol. The lowest BCUT2D eigenvalue weighted by molar-refractivity contribution is 0.0923. The number of carbonyl (C=O) groups is 1. The van der Waals surface area contributed by atoms with Gasteiger partial charge in [0.05, 0.1) is 5.52 Å². The third-order valence-electron chi connectivity index (χ3n) is 3.84. The minimum absolute atomic E-state index is 0.251. The molecule has 0 amide bonds. The van der Waals surface area contributed by atoms with E-state index < -0.39 is 0 Å². The second kappa shape index (κ2) is 4.52. The van der Waals surface area contributed by atoms with Crippen molar-refractivity contribution < 1.29 is 4.79 Å². The third-order valence-corrected chi connectivity index (χ3v) is 3.84. The zero-order valence-electron chi connectivity index (χ0n) is 10.6. The van der Waals surface area contributed by atoms with Crippen molar-refractivity contribution in [2.24, 2.45) is 5.92 Å². The number of hydrogen-bond donors (Lipinski definition) is 0. The normalized spacial score (nSPS) is 16.3. The van der Waals surface area contributed by atoms with Crippen molar-refractivity contribution in [1.82, 2.24) is 4.98 Å². The SMILES string of the molecule is Cc1ccc2cc(C(=O)C3CCCC3)ccc2n1. The van der Waals surface area contributed by atoms with Crippen LogP contribution in [0, 0.1) is 12.8 Å². The molecule has 1 fully saturated rings. The van der Waals surface area contributed by atoms with Crippen LogP contribution in [0.5, 0.6) is 0 Å². The number of Topliss-reactive ketones (excluding diaryl/α,β-unsaturated/α-hetero) is 1. The Morgan fingerprint density at radius 2 is 1.94 bits per heavy atom. The minimum atomic E-state index is 0.251. The van der Waals surface area contributed by atoms with Crippen LogP contribution in [0.15, 0.2) is 30.3 Å². The molecule has 1 aromatic carbocycles. The maximum atomic E-state index is 12.3. The van der Waals surface area contributed by atoms with Crippen LogP contribution in [0.2, 0.25) is 0 Å². The Balaban J connectivity index is 1.97. The Kier molecular flexibility index (Phi) is 2.86. The van der Waals surface area contributed by atoms with E-state index in [1.165, 1.54) is 12.8 Å². The van der Waals surface area contributed by atoms with Gasteiger partial charge in [-0.3, -0.25) is 9.78 Å². The standard InChI is InChI=1S/C16H17NO/c1-11-6-7-13-10-14(8-9-15(13)17-11)16(18)12-4-2-3-5-12/h6-10,12H,2-5H2,1H3. The highest BCUT2D eigenvalue weighted by atomic mass is 16.1. The zero-order chi connectivity index (χ0) is 12.5. The molecule has 1 aromatic heterocycles. The molecule has 0 saturated heterocycles. The van der Waals surface area contributed by atoms with E-state index in [0.717, 1.165) is 35.0 Å². The van der Waals surface area contributed by atoms with Gasteiger partial charge in [-0.1, -0.05) is 18.9 Å². The van der Waals surface area contributed by atoms with Crippen molar-refractivity contribution in [3.8, 4) is 0 Å². The summed E-state index contributed by atoms with van der Waals surface area (Å²) in [4.78, 5) is 16.8. The molecule has 0 spiro atoms. The van der Waals surface area contributed by atoms with Crippen LogP contribution in [0.3, 0.4) is 0 Å². The summed E-state index contributed by atoms with van der Waals surface area (Å²) < 4.78 is 0. The molecule has 1 aliphatic carbocycles. The summed E-state index contributed by atoms with van der Waals surface area (Å²) in [6.45, 7) is 1.98. The van der Waals surface area contributed by atoms with Gasteiger partial charge < -0.3 is 0 Å². The number of fused-ring (bicyclic) bond motifs is 1. The number of pyridine rings is 1. The van der Waals surface area contributed by atoms with E-state index >= 15 is 0 Å².